The number of hydrogen-bond donors (Lipinski definition) is 1. The number of aromatic nitrogens is 3. The first-order chi connectivity index (χ1) is 13.0. The molecule has 0 unspecified atom stereocenters. The maximum absolute atomic E-state index is 12.6. The molecule has 2 heterocycles. The van der Waals surface area contributed by atoms with Gasteiger partial charge < -0.3 is 14.5 Å². The normalized spacial score (nSPS) is 12.3. The van der Waals surface area contributed by atoms with E-state index in [1.165, 1.54) is 7.11 Å². The second-order valence-corrected chi connectivity index (χ2v) is 6.51. The van der Waals surface area contributed by atoms with E-state index in [0.29, 0.717) is 16.7 Å². The van der Waals surface area contributed by atoms with E-state index in [0.717, 1.165) is 21.8 Å². The first-order valence-electron chi connectivity index (χ1n) is 8.35. The molecular weight excluding hydrogens is 366 g/mol. The van der Waals surface area contributed by atoms with E-state index in [9.17, 15) is 4.79 Å². The summed E-state index contributed by atoms with van der Waals surface area (Å²) in [4.78, 5) is 24.5. The smallest absolute Gasteiger partial charge is 0.357 e. The Hall–Kier alpha value is -3.12. The van der Waals surface area contributed by atoms with Gasteiger partial charge >= 0.3 is 5.97 Å². The molecule has 0 fully saturated rings. The van der Waals surface area contributed by atoms with Crippen molar-refractivity contribution in [2.75, 3.05) is 7.11 Å². The Bertz CT molecular complexity index is 1160. The van der Waals surface area contributed by atoms with Crippen LogP contribution in [0, 0.1) is 0 Å². The van der Waals surface area contributed by atoms with Crippen molar-refractivity contribution >= 4 is 39.4 Å². The van der Waals surface area contributed by atoms with E-state index in [1.54, 1.807) is 25.1 Å². The van der Waals surface area contributed by atoms with Crippen LogP contribution in [-0.2, 0) is 4.74 Å². The van der Waals surface area contributed by atoms with Gasteiger partial charge in [-0.2, -0.15) is 0 Å². The molecule has 136 valence electrons. The van der Waals surface area contributed by atoms with Crippen molar-refractivity contribution < 1.29 is 14.3 Å². The lowest BCUT2D eigenvalue weighted by Crippen LogP contribution is -2.12. The summed E-state index contributed by atoms with van der Waals surface area (Å²) >= 11 is 5.99. The van der Waals surface area contributed by atoms with E-state index in [1.807, 2.05) is 30.3 Å². The van der Waals surface area contributed by atoms with Crippen LogP contribution in [0.25, 0.3) is 21.8 Å². The highest BCUT2D eigenvalue weighted by molar-refractivity contribution is 6.31. The Morgan fingerprint density at radius 1 is 1.15 bits per heavy atom. The molecule has 0 saturated heterocycles. The van der Waals surface area contributed by atoms with E-state index in [-0.39, 0.29) is 5.69 Å². The molecule has 27 heavy (non-hydrogen) atoms. The number of nitrogens with one attached hydrogen (secondary N) is 1. The van der Waals surface area contributed by atoms with Crippen molar-refractivity contribution in [2.45, 2.75) is 13.0 Å². The molecule has 6 nitrogen and oxygen atoms in total. The number of imidazole rings is 1. The van der Waals surface area contributed by atoms with Crippen LogP contribution < -0.4 is 4.74 Å². The van der Waals surface area contributed by atoms with E-state index in [2.05, 4.69) is 15.0 Å². The summed E-state index contributed by atoms with van der Waals surface area (Å²) in [5.41, 5.74) is 1.71. The Morgan fingerprint density at radius 3 is 2.78 bits per heavy atom. The molecule has 0 amide bonds. The highest BCUT2D eigenvalue weighted by Gasteiger charge is 2.19. The Morgan fingerprint density at radius 2 is 1.96 bits per heavy atom. The SMILES string of the molecule is COc1nc(C(=O)O[C@H](C)c2nc3ccc(Cl)cc3[nH]2)cc2ccccc12. The van der Waals surface area contributed by atoms with Crippen LogP contribution in [0.15, 0.2) is 48.5 Å². The van der Waals surface area contributed by atoms with E-state index in [4.69, 9.17) is 21.1 Å². The van der Waals surface area contributed by atoms with Gasteiger partial charge in [0.2, 0.25) is 5.88 Å². The first kappa shape index (κ1) is 17.3. The zero-order valence-corrected chi connectivity index (χ0v) is 15.4. The summed E-state index contributed by atoms with van der Waals surface area (Å²) in [6.07, 6.45) is -0.581. The van der Waals surface area contributed by atoms with Crippen molar-refractivity contribution in [3.63, 3.8) is 0 Å². The van der Waals surface area contributed by atoms with Gasteiger partial charge in [-0.15, -0.1) is 0 Å². The fourth-order valence-electron chi connectivity index (χ4n) is 2.90. The lowest BCUT2D eigenvalue weighted by molar-refractivity contribution is 0.0314. The summed E-state index contributed by atoms with van der Waals surface area (Å²) in [6, 6.07) is 14.6. The summed E-state index contributed by atoms with van der Waals surface area (Å²) < 4.78 is 10.9. The predicted molar refractivity (Wildman–Crippen MR) is 103 cm³/mol. The zero-order valence-electron chi connectivity index (χ0n) is 14.7. The minimum Gasteiger partial charge on any atom is -0.481 e. The summed E-state index contributed by atoms with van der Waals surface area (Å²) in [7, 11) is 1.52. The van der Waals surface area contributed by atoms with Crippen molar-refractivity contribution in [1.82, 2.24) is 15.0 Å². The third-order valence-corrected chi connectivity index (χ3v) is 4.47. The Kier molecular flexibility index (Phi) is 4.41. The maximum Gasteiger partial charge on any atom is 0.357 e. The number of carbonyl (C=O) groups excluding carboxylic acids is 1. The van der Waals surface area contributed by atoms with Crippen LogP contribution in [-0.4, -0.2) is 28.0 Å². The van der Waals surface area contributed by atoms with Crippen LogP contribution in [0.5, 0.6) is 5.88 Å². The molecule has 2 aromatic heterocycles. The van der Waals surface area contributed by atoms with Gasteiger partial charge in [0.05, 0.1) is 18.1 Å². The molecule has 4 rings (SSSR count). The van der Waals surface area contributed by atoms with Crippen LogP contribution >= 0.6 is 11.6 Å². The van der Waals surface area contributed by atoms with Crippen molar-refractivity contribution in [3.05, 3.63) is 65.1 Å². The average molecular weight is 382 g/mol. The highest BCUT2D eigenvalue weighted by Crippen LogP contribution is 2.26. The van der Waals surface area contributed by atoms with Crippen molar-refractivity contribution in [3.8, 4) is 5.88 Å². The molecular formula is C20H16ClN3O3. The van der Waals surface area contributed by atoms with Crippen LogP contribution in [0.3, 0.4) is 0 Å². The molecule has 0 radical (unpaired) electrons. The monoisotopic (exact) mass is 381 g/mol. The number of fused-ring (bicyclic) bond motifs is 2. The molecule has 0 aliphatic rings. The number of esters is 1. The van der Waals surface area contributed by atoms with Gasteiger partial charge in [0.1, 0.15) is 5.82 Å². The van der Waals surface area contributed by atoms with E-state index >= 15 is 0 Å². The second-order valence-electron chi connectivity index (χ2n) is 6.07. The standard InChI is InChI=1S/C20H16ClN3O3/c1-11(18-22-15-8-7-13(21)10-16(15)23-18)27-20(25)17-9-12-5-3-4-6-14(12)19(24-17)26-2/h3-11H,1-2H3,(H,22,23)/t11-/m1/s1. The number of halogens is 1. The minimum atomic E-state index is -0.581. The number of rotatable bonds is 4. The molecule has 4 aromatic rings. The Balaban J connectivity index is 1.61. The number of hydrogen-bond acceptors (Lipinski definition) is 5. The molecule has 1 atom stereocenters. The Labute approximate surface area is 160 Å². The third kappa shape index (κ3) is 3.31. The molecule has 0 spiro atoms. The number of H-pyrrole nitrogens is 1. The van der Waals surface area contributed by atoms with Gasteiger partial charge in [0, 0.05) is 10.4 Å². The lowest BCUT2D eigenvalue weighted by atomic mass is 10.1. The number of ether oxygens (including phenoxy) is 2. The number of benzene rings is 2. The fraction of sp³-hybridized carbons (Fsp3) is 0.150. The van der Waals surface area contributed by atoms with Gasteiger partial charge in [-0.25, -0.2) is 14.8 Å². The van der Waals surface area contributed by atoms with Gasteiger partial charge in [-0.05, 0) is 42.6 Å². The van der Waals surface area contributed by atoms with Crippen molar-refractivity contribution in [2.24, 2.45) is 0 Å². The molecule has 0 saturated carbocycles. The summed E-state index contributed by atoms with van der Waals surface area (Å²) in [6.45, 7) is 1.75. The van der Waals surface area contributed by atoms with Gasteiger partial charge in [0.25, 0.3) is 0 Å². The summed E-state index contributed by atoms with van der Waals surface area (Å²) in [5.74, 6) is 0.365. The second kappa shape index (κ2) is 6.89. The van der Waals surface area contributed by atoms with Crippen LogP contribution in [0.1, 0.15) is 29.3 Å². The molecule has 1 N–H and O–H groups in total. The van der Waals surface area contributed by atoms with Gasteiger partial charge in [-0.3, -0.25) is 0 Å². The molecule has 7 heteroatoms. The summed E-state index contributed by atoms with van der Waals surface area (Å²) in [5, 5.41) is 2.29. The number of nitrogens with zero attached hydrogens (tertiary/aromatic N) is 2. The van der Waals surface area contributed by atoms with Crippen molar-refractivity contribution in [1.29, 1.82) is 0 Å². The quantitative estimate of drug-likeness (QED) is 0.519. The molecule has 2 aromatic carbocycles. The minimum absolute atomic E-state index is 0.177. The average Bonchev–Trinajstić information content (AvgIpc) is 3.10. The lowest BCUT2D eigenvalue weighted by Gasteiger charge is -2.12. The highest BCUT2D eigenvalue weighted by atomic mass is 35.5. The number of carbonyl (C=O) groups is 1. The predicted octanol–water partition coefficient (Wildman–Crippen LogP) is 4.69. The van der Waals surface area contributed by atoms with Gasteiger partial charge in [0.15, 0.2) is 11.8 Å². The third-order valence-electron chi connectivity index (χ3n) is 4.24. The van der Waals surface area contributed by atoms with E-state index < -0.39 is 12.1 Å². The maximum atomic E-state index is 12.6. The number of pyridine rings is 1. The molecule has 0 bridgehead atoms. The number of aromatic amines is 1. The van der Waals surface area contributed by atoms with Crippen LogP contribution in [0.4, 0.5) is 0 Å². The topological polar surface area (TPSA) is 77.1 Å². The molecule has 0 aliphatic heterocycles. The fourth-order valence-corrected chi connectivity index (χ4v) is 3.07. The molecule has 0 aliphatic carbocycles. The van der Waals surface area contributed by atoms with Crippen LogP contribution in [0.2, 0.25) is 5.02 Å². The number of methoxy groups -OCH3 is 1. The first-order valence-corrected chi connectivity index (χ1v) is 8.73. The van der Waals surface area contributed by atoms with Gasteiger partial charge in [-0.1, -0.05) is 29.8 Å². The largest absolute Gasteiger partial charge is 0.481 e. The zero-order chi connectivity index (χ0) is 19.0.